The molecule has 6 rings (SSSR count). The first kappa shape index (κ1) is 20.7. The van der Waals surface area contributed by atoms with E-state index in [4.69, 9.17) is 9.47 Å². The minimum atomic E-state index is -4.51. The van der Waals surface area contributed by atoms with E-state index >= 15 is 0 Å². The molecular formula is C20H24F3N5O3. The molecule has 5 aliphatic rings. The predicted octanol–water partition coefficient (Wildman–Crippen LogP) is 1.27. The molecule has 3 unspecified atom stereocenters. The van der Waals surface area contributed by atoms with Crippen LogP contribution in [0.1, 0.15) is 29.5 Å². The molecule has 2 fully saturated rings. The zero-order valence-corrected chi connectivity index (χ0v) is 17.1. The third-order valence-corrected chi connectivity index (χ3v) is 6.40. The van der Waals surface area contributed by atoms with E-state index in [1.165, 1.54) is 0 Å². The summed E-state index contributed by atoms with van der Waals surface area (Å²) >= 11 is 0. The smallest absolute Gasteiger partial charge is 0.377 e. The normalized spacial score (nSPS) is 31.3. The Morgan fingerprint density at radius 3 is 2.87 bits per heavy atom. The van der Waals surface area contributed by atoms with Gasteiger partial charge in [0, 0.05) is 31.8 Å². The van der Waals surface area contributed by atoms with Gasteiger partial charge in [0.05, 0.1) is 44.4 Å². The fourth-order valence-corrected chi connectivity index (χ4v) is 4.79. The molecule has 6 heterocycles. The highest BCUT2D eigenvalue weighted by Crippen LogP contribution is 2.42. The van der Waals surface area contributed by atoms with Gasteiger partial charge >= 0.3 is 6.18 Å². The van der Waals surface area contributed by atoms with Crippen molar-refractivity contribution in [1.82, 2.24) is 25.2 Å². The summed E-state index contributed by atoms with van der Waals surface area (Å²) in [7, 11) is 1.75. The number of aromatic nitrogens is 1. The molecule has 5 aliphatic heterocycles. The zero-order chi connectivity index (χ0) is 21.8. The van der Waals surface area contributed by atoms with Crippen LogP contribution in [0, 0.1) is 0 Å². The van der Waals surface area contributed by atoms with Crippen LogP contribution in [0.3, 0.4) is 0 Å². The number of fused-ring (bicyclic) bond motifs is 3. The number of nitrogens with zero attached hydrogens (tertiary/aromatic N) is 4. The highest BCUT2D eigenvalue weighted by atomic mass is 19.4. The Morgan fingerprint density at radius 2 is 2.16 bits per heavy atom. The second-order valence-electron chi connectivity index (χ2n) is 8.37. The average molecular weight is 439 g/mol. The van der Waals surface area contributed by atoms with Crippen molar-refractivity contribution in [3.8, 4) is 0 Å². The molecule has 2 saturated heterocycles. The number of carbonyl (C=O) groups excluding carboxylic acids is 1. The van der Waals surface area contributed by atoms with E-state index in [-0.39, 0.29) is 12.6 Å². The van der Waals surface area contributed by atoms with Crippen LogP contribution in [0.25, 0.3) is 5.57 Å². The van der Waals surface area contributed by atoms with Gasteiger partial charge in [0.2, 0.25) is 5.91 Å². The molecule has 0 radical (unpaired) electrons. The SMILES string of the molecule is CN1N2CNC=C3CC1(C2)C(=O)N(CC(F)(F)F)Cc1nc(C2COCCO2)ccc13. The number of nitrogens with one attached hydrogen (secondary N) is 1. The molecule has 168 valence electrons. The van der Waals surface area contributed by atoms with Crippen LogP contribution in [-0.4, -0.2) is 84.2 Å². The zero-order valence-electron chi connectivity index (χ0n) is 17.1. The van der Waals surface area contributed by atoms with Crippen molar-refractivity contribution in [2.24, 2.45) is 0 Å². The number of carbonyl (C=O) groups is 1. The Hall–Kier alpha value is -2.21. The van der Waals surface area contributed by atoms with Crippen LogP contribution < -0.4 is 5.32 Å². The lowest BCUT2D eigenvalue weighted by Gasteiger charge is -2.59. The van der Waals surface area contributed by atoms with Gasteiger partial charge in [-0.25, -0.2) is 10.0 Å². The summed E-state index contributed by atoms with van der Waals surface area (Å²) < 4.78 is 51.4. The van der Waals surface area contributed by atoms with E-state index in [0.717, 1.165) is 16.0 Å². The Labute approximate surface area is 177 Å². The summed E-state index contributed by atoms with van der Waals surface area (Å²) in [4.78, 5) is 19.0. The van der Waals surface area contributed by atoms with E-state index < -0.39 is 24.2 Å². The van der Waals surface area contributed by atoms with Crippen LogP contribution in [0.4, 0.5) is 13.2 Å². The molecule has 31 heavy (non-hydrogen) atoms. The average Bonchev–Trinajstić information content (AvgIpc) is 2.71. The Morgan fingerprint density at radius 1 is 1.32 bits per heavy atom. The molecule has 0 aromatic carbocycles. The summed E-state index contributed by atoms with van der Waals surface area (Å²) in [6, 6.07) is 3.70. The Balaban J connectivity index is 1.59. The summed E-state index contributed by atoms with van der Waals surface area (Å²) in [5, 5.41) is 6.90. The number of hydrogen-bond acceptors (Lipinski definition) is 7. The second kappa shape index (κ2) is 7.44. The summed E-state index contributed by atoms with van der Waals surface area (Å²) in [5.74, 6) is -0.522. The number of hydrogen-bond donors (Lipinski definition) is 1. The van der Waals surface area contributed by atoms with Gasteiger partial charge in [0.25, 0.3) is 0 Å². The second-order valence-corrected chi connectivity index (χ2v) is 8.37. The molecule has 8 nitrogen and oxygen atoms in total. The standard InChI is InChI=1S/C20H24F3N5O3/c1-26-19-6-13(7-24-12-28(26)10-19)14-2-3-15(17-9-30-4-5-31-17)25-16(14)8-27(18(19)29)11-20(21,22)23/h2-3,7,17,24H,4-6,8-12H2,1H3. The molecular weight excluding hydrogens is 415 g/mol. The van der Waals surface area contributed by atoms with Crippen molar-refractivity contribution in [3.05, 3.63) is 35.3 Å². The maximum absolute atomic E-state index is 13.5. The fourth-order valence-electron chi connectivity index (χ4n) is 4.79. The number of ether oxygens (including phenoxy) is 2. The topological polar surface area (TPSA) is 70.2 Å². The van der Waals surface area contributed by atoms with E-state index in [1.54, 1.807) is 12.1 Å². The first-order valence-corrected chi connectivity index (χ1v) is 10.2. The van der Waals surface area contributed by atoms with Gasteiger partial charge < -0.3 is 19.7 Å². The van der Waals surface area contributed by atoms with Gasteiger partial charge in [0.15, 0.2) is 0 Å². The number of hydrazine groups is 1. The Bertz CT molecular complexity index is 918. The summed E-state index contributed by atoms with van der Waals surface area (Å²) in [6.07, 6.45) is -2.73. The van der Waals surface area contributed by atoms with Crippen molar-refractivity contribution in [3.63, 3.8) is 0 Å². The largest absolute Gasteiger partial charge is 0.406 e. The molecule has 0 saturated carbocycles. The number of amides is 1. The number of likely N-dealkylation sites (N-methyl/N-ethyl adjacent to an activating group) is 1. The lowest BCUT2D eigenvalue weighted by Crippen LogP contribution is -2.78. The van der Waals surface area contributed by atoms with Crippen LogP contribution >= 0.6 is 0 Å². The van der Waals surface area contributed by atoms with Gasteiger partial charge in [0.1, 0.15) is 18.2 Å². The molecule has 1 amide bonds. The van der Waals surface area contributed by atoms with Gasteiger partial charge in [-0.2, -0.15) is 13.2 Å². The molecule has 3 bridgehead atoms. The maximum Gasteiger partial charge on any atom is 0.406 e. The number of rotatable bonds is 2. The minimum Gasteiger partial charge on any atom is -0.377 e. The van der Waals surface area contributed by atoms with Crippen LogP contribution in [0.2, 0.25) is 0 Å². The number of pyridine rings is 1. The van der Waals surface area contributed by atoms with Crippen molar-refractivity contribution < 1.29 is 27.4 Å². The number of alkyl halides is 3. The van der Waals surface area contributed by atoms with Crippen molar-refractivity contribution >= 4 is 11.5 Å². The molecule has 1 aromatic rings. The highest BCUT2D eigenvalue weighted by Gasteiger charge is 2.58. The molecule has 0 aliphatic carbocycles. The first-order chi connectivity index (χ1) is 14.8. The van der Waals surface area contributed by atoms with Crippen molar-refractivity contribution in [2.45, 2.75) is 30.8 Å². The summed E-state index contributed by atoms with van der Waals surface area (Å²) in [6.45, 7) is 0.584. The lowest BCUT2D eigenvalue weighted by molar-refractivity contribution is -0.222. The van der Waals surface area contributed by atoms with Crippen LogP contribution in [0.15, 0.2) is 18.3 Å². The van der Waals surface area contributed by atoms with E-state index in [0.29, 0.717) is 50.8 Å². The predicted molar refractivity (Wildman–Crippen MR) is 103 cm³/mol. The summed E-state index contributed by atoms with van der Waals surface area (Å²) in [5.41, 5.74) is 1.63. The van der Waals surface area contributed by atoms with E-state index in [2.05, 4.69) is 10.3 Å². The molecule has 1 aromatic heterocycles. The van der Waals surface area contributed by atoms with Crippen LogP contribution in [0.5, 0.6) is 0 Å². The monoisotopic (exact) mass is 439 g/mol. The number of halogens is 3. The third kappa shape index (κ3) is 3.59. The van der Waals surface area contributed by atoms with Gasteiger partial charge in [-0.15, -0.1) is 0 Å². The maximum atomic E-state index is 13.5. The lowest BCUT2D eigenvalue weighted by atomic mass is 9.80. The van der Waals surface area contributed by atoms with Gasteiger partial charge in [-0.3, -0.25) is 9.78 Å². The minimum absolute atomic E-state index is 0.220. The fraction of sp³-hybridized carbons (Fsp3) is 0.600. The molecule has 11 heteroatoms. The first-order valence-electron chi connectivity index (χ1n) is 10.2. The Kier molecular flexibility index (Phi) is 4.96. The van der Waals surface area contributed by atoms with Crippen molar-refractivity contribution in [1.29, 1.82) is 0 Å². The van der Waals surface area contributed by atoms with E-state index in [1.807, 2.05) is 23.3 Å². The molecule has 3 atom stereocenters. The van der Waals surface area contributed by atoms with Crippen LogP contribution in [-0.2, 0) is 20.8 Å². The molecule has 1 spiro atoms. The quantitative estimate of drug-likeness (QED) is 0.744. The molecule has 1 N–H and O–H groups in total. The van der Waals surface area contributed by atoms with Gasteiger partial charge in [-0.1, -0.05) is 6.07 Å². The van der Waals surface area contributed by atoms with Crippen molar-refractivity contribution in [2.75, 3.05) is 46.6 Å². The van der Waals surface area contributed by atoms with Gasteiger partial charge in [-0.05, 0) is 11.6 Å². The van der Waals surface area contributed by atoms with E-state index in [9.17, 15) is 18.0 Å². The third-order valence-electron chi connectivity index (χ3n) is 6.40. The highest BCUT2D eigenvalue weighted by molar-refractivity contribution is 5.91.